The molecule has 132 valence electrons. The summed E-state index contributed by atoms with van der Waals surface area (Å²) in [5.41, 5.74) is -5.22. The molecular formula is C15H8F7N3. The monoisotopic (exact) mass is 363 g/mol. The van der Waals surface area contributed by atoms with E-state index >= 15 is 0 Å². The molecule has 2 aliphatic rings. The number of amidine groups is 2. The largest absolute Gasteiger partial charge is 0.443 e. The lowest BCUT2D eigenvalue weighted by molar-refractivity contribution is -0.292. The lowest BCUT2D eigenvalue weighted by Gasteiger charge is -2.38. The second-order valence-corrected chi connectivity index (χ2v) is 5.12. The van der Waals surface area contributed by atoms with Crippen LogP contribution in [0.15, 0.2) is 58.7 Å². The van der Waals surface area contributed by atoms with Crippen molar-refractivity contribution in [1.82, 2.24) is 4.90 Å². The van der Waals surface area contributed by atoms with Crippen LogP contribution in [0.2, 0.25) is 0 Å². The van der Waals surface area contributed by atoms with Crippen molar-refractivity contribution in [2.24, 2.45) is 9.98 Å². The molecule has 10 heteroatoms. The molecule has 0 saturated carbocycles. The summed E-state index contributed by atoms with van der Waals surface area (Å²) in [6.45, 7) is 0. The average molecular weight is 363 g/mol. The van der Waals surface area contributed by atoms with Crippen LogP contribution in [0.4, 0.5) is 30.7 Å². The fourth-order valence-corrected chi connectivity index (χ4v) is 2.35. The van der Waals surface area contributed by atoms with E-state index in [1.54, 1.807) is 0 Å². The molecule has 0 bridgehead atoms. The van der Waals surface area contributed by atoms with Crippen molar-refractivity contribution in [2.45, 2.75) is 18.0 Å². The quantitative estimate of drug-likeness (QED) is 0.688. The van der Waals surface area contributed by atoms with Crippen LogP contribution in [0.25, 0.3) is 0 Å². The summed E-state index contributed by atoms with van der Waals surface area (Å²) >= 11 is 0. The maximum Gasteiger partial charge on any atom is 0.443 e. The van der Waals surface area contributed by atoms with Crippen molar-refractivity contribution in [3.05, 3.63) is 60.1 Å². The zero-order valence-electron chi connectivity index (χ0n) is 12.1. The molecule has 3 nitrogen and oxygen atoms in total. The van der Waals surface area contributed by atoms with Crippen molar-refractivity contribution < 1.29 is 30.7 Å². The zero-order valence-corrected chi connectivity index (χ0v) is 12.1. The topological polar surface area (TPSA) is 28.0 Å². The summed E-state index contributed by atoms with van der Waals surface area (Å²) in [5.74, 6) is -2.49. The summed E-state index contributed by atoms with van der Waals surface area (Å²) in [7, 11) is 0. The number of rotatable bonds is 1. The number of aliphatic imine (C=N–C) groups is 2. The minimum absolute atomic E-state index is 0.507. The molecule has 0 N–H and O–H groups in total. The van der Waals surface area contributed by atoms with E-state index in [9.17, 15) is 30.7 Å². The molecule has 0 fully saturated rings. The standard InChI is InChI=1S/C15H8F7N3/c16-10-6-2-1-5-9(10)12-24-13(14(17,18)19,15(20,21)22)23-11-7-3-4-8-25(11)12/h1-8H. The summed E-state index contributed by atoms with van der Waals surface area (Å²) in [6, 6.07) is 4.49. The van der Waals surface area contributed by atoms with Gasteiger partial charge in [-0.05, 0) is 24.3 Å². The third kappa shape index (κ3) is 2.61. The Bertz CT molecular complexity index is 801. The molecule has 0 aliphatic carbocycles. The van der Waals surface area contributed by atoms with Crippen LogP contribution >= 0.6 is 0 Å². The first-order chi connectivity index (χ1) is 11.6. The van der Waals surface area contributed by atoms with Gasteiger partial charge in [0, 0.05) is 6.20 Å². The first-order valence-corrected chi connectivity index (χ1v) is 6.79. The molecule has 0 aromatic heterocycles. The Balaban J connectivity index is 2.32. The Labute approximate surface area is 136 Å². The van der Waals surface area contributed by atoms with E-state index in [0.29, 0.717) is 0 Å². The normalized spacial score (nSPS) is 19.4. The Morgan fingerprint density at radius 3 is 2.12 bits per heavy atom. The van der Waals surface area contributed by atoms with E-state index in [-0.39, 0.29) is 0 Å². The third-order valence-corrected chi connectivity index (χ3v) is 3.52. The summed E-state index contributed by atoms with van der Waals surface area (Å²) in [4.78, 5) is 6.55. The minimum Gasteiger partial charge on any atom is -0.286 e. The van der Waals surface area contributed by atoms with E-state index < -0.39 is 41.1 Å². The molecule has 1 aromatic rings. The van der Waals surface area contributed by atoms with Crippen LogP contribution in [0.1, 0.15) is 5.56 Å². The van der Waals surface area contributed by atoms with Gasteiger partial charge in [-0.15, -0.1) is 0 Å². The second kappa shape index (κ2) is 5.43. The van der Waals surface area contributed by atoms with E-state index in [0.717, 1.165) is 29.3 Å². The smallest absolute Gasteiger partial charge is 0.286 e. The van der Waals surface area contributed by atoms with Crippen LogP contribution in [0, 0.1) is 5.82 Å². The van der Waals surface area contributed by atoms with Gasteiger partial charge in [-0.2, -0.15) is 26.3 Å². The number of hydrogen-bond acceptors (Lipinski definition) is 3. The lowest BCUT2D eigenvalue weighted by Crippen LogP contribution is -2.58. The van der Waals surface area contributed by atoms with Gasteiger partial charge in [-0.25, -0.2) is 14.4 Å². The summed E-state index contributed by atoms with van der Waals surface area (Å²) in [5, 5.41) is 0. The number of halogens is 7. The molecule has 0 spiro atoms. The average Bonchev–Trinajstić information content (AvgIpc) is 2.52. The number of alkyl halides is 6. The Morgan fingerprint density at radius 2 is 1.52 bits per heavy atom. The molecule has 0 radical (unpaired) electrons. The van der Waals surface area contributed by atoms with Crippen LogP contribution in [-0.2, 0) is 0 Å². The van der Waals surface area contributed by atoms with Crippen molar-refractivity contribution in [3.8, 4) is 0 Å². The van der Waals surface area contributed by atoms with Gasteiger partial charge in [0.25, 0.3) is 0 Å². The van der Waals surface area contributed by atoms with Gasteiger partial charge in [0.2, 0.25) is 0 Å². The van der Waals surface area contributed by atoms with Gasteiger partial charge in [0.05, 0.1) is 5.56 Å². The number of allylic oxidation sites excluding steroid dienone is 2. The van der Waals surface area contributed by atoms with Gasteiger partial charge in [0.1, 0.15) is 17.5 Å². The van der Waals surface area contributed by atoms with Gasteiger partial charge >= 0.3 is 18.0 Å². The molecule has 1 aromatic carbocycles. The van der Waals surface area contributed by atoms with Crippen molar-refractivity contribution in [3.63, 3.8) is 0 Å². The molecule has 0 unspecified atom stereocenters. The molecule has 0 amide bonds. The SMILES string of the molecule is Fc1ccccc1C1=NC(C(F)(F)F)(C(F)(F)F)N=C2C=CC=CN21. The van der Waals surface area contributed by atoms with Crippen molar-refractivity contribution >= 4 is 11.7 Å². The predicted octanol–water partition coefficient (Wildman–Crippen LogP) is 4.19. The lowest BCUT2D eigenvalue weighted by atomic mass is 10.1. The maximum atomic E-state index is 14.0. The molecule has 0 saturated heterocycles. The van der Waals surface area contributed by atoms with Crippen LogP contribution in [0.5, 0.6) is 0 Å². The first-order valence-electron chi connectivity index (χ1n) is 6.79. The molecule has 0 atom stereocenters. The van der Waals surface area contributed by atoms with E-state index in [1.165, 1.54) is 24.3 Å². The highest BCUT2D eigenvalue weighted by atomic mass is 19.4. The Morgan fingerprint density at radius 1 is 0.880 bits per heavy atom. The molecule has 2 aliphatic heterocycles. The summed E-state index contributed by atoms with van der Waals surface area (Å²) < 4.78 is 94.1. The second-order valence-electron chi connectivity index (χ2n) is 5.12. The predicted molar refractivity (Wildman–Crippen MR) is 75.3 cm³/mol. The Hall–Kier alpha value is -2.65. The highest BCUT2D eigenvalue weighted by molar-refractivity contribution is 6.15. The van der Waals surface area contributed by atoms with Gasteiger partial charge < -0.3 is 0 Å². The Kier molecular flexibility index (Phi) is 3.73. The van der Waals surface area contributed by atoms with Crippen LogP contribution < -0.4 is 0 Å². The van der Waals surface area contributed by atoms with Crippen LogP contribution in [0.3, 0.4) is 0 Å². The van der Waals surface area contributed by atoms with E-state index in [4.69, 9.17) is 0 Å². The molecule has 25 heavy (non-hydrogen) atoms. The minimum atomic E-state index is -5.87. The van der Waals surface area contributed by atoms with Crippen molar-refractivity contribution in [2.75, 3.05) is 0 Å². The number of benzene rings is 1. The molecule has 3 rings (SSSR count). The third-order valence-electron chi connectivity index (χ3n) is 3.52. The van der Waals surface area contributed by atoms with E-state index in [1.807, 2.05) is 0 Å². The number of hydrogen-bond donors (Lipinski definition) is 0. The van der Waals surface area contributed by atoms with Gasteiger partial charge in [-0.1, -0.05) is 18.2 Å². The highest BCUT2D eigenvalue weighted by Crippen LogP contribution is 2.49. The first kappa shape index (κ1) is 17.2. The fraction of sp³-hybridized carbons (Fsp3) is 0.200. The number of nitrogens with zero attached hydrogens (tertiary/aromatic N) is 3. The maximum absolute atomic E-state index is 14.0. The summed E-state index contributed by atoms with van der Waals surface area (Å²) in [6.07, 6.45) is -7.05. The zero-order chi connectivity index (χ0) is 18.5. The fourth-order valence-electron chi connectivity index (χ4n) is 2.35. The number of fused-ring (bicyclic) bond motifs is 1. The van der Waals surface area contributed by atoms with Gasteiger partial charge in [0.15, 0.2) is 0 Å². The molecule has 2 heterocycles. The van der Waals surface area contributed by atoms with Gasteiger partial charge in [-0.3, -0.25) is 4.90 Å². The van der Waals surface area contributed by atoms with Crippen LogP contribution in [-0.4, -0.2) is 34.6 Å². The van der Waals surface area contributed by atoms with E-state index in [2.05, 4.69) is 9.98 Å². The van der Waals surface area contributed by atoms with Crippen molar-refractivity contribution in [1.29, 1.82) is 0 Å². The molecular weight excluding hydrogens is 355 g/mol. The highest BCUT2D eigenvalue weighted by Gasteiger charge is 2.73.